The Hall–Kier alpha value is -2.40. The Kier molecular flexibility index (Phi) is 6.65. The second-order valence-corrected chi connectivity index (χ2v) is 15.0. The van der Waals surface area contributed by atoms with E-state index in [4.69, 9.17) is 4.74 Å². The number of nitrogens with zero attached hydrogens (tertiary/aromatic N) is 3. The van der Waals surface area contributed by atoms with Crippen molar-refractivity contribution < 1.29 is 18.7 Å². The first-order chi connectivity index (χ1) is 17.1. The van der Waals surface area contributed by atoms with Crippen molar-refractivity contribution in [3.05, 3.63) is 76.0 Å². The van der Waals surface area contributed by atoms with Gasteiger partial charge in [0.1, 0.15) is 0 Å². The van der Waals surface area contributed by atoms with E-state index in [1.807, 2.05) is 61.7 Å². The molecule has 0 aliphatic carbocycles. The van der Waals surface area contributed by atoms with Gasteiger partial charge in [-0.15, -0.1) is 5.10 Å². The smallest absolute Gasteiger partial charge is 0.261 e. The molecule has 3 aromatic rings. The summed E-state index contributed by atoms with van der Waals surface area (Å²) in [6, 6.07) is 15.3. The van der Waals surface area contributed by atoms with Crippen LogP contribution < -0.4 is 5.32 Å². The van der Waals surface area contributed by atoms with Crippen molar-refractivity contribution in [2.75, 3.05) is 11.9 Å². The lowest BCUT2D eigenvalue weighted by Gasteiger charge is -2.30. The Morgan fingerprint density at radius 2 is 2.03 bits per heavy atom. The van der Waals surface area contributed by atoms with Gasteiger partial charge in [-0.1, -0.05) is 58.4 Å². The Labute approximate surface area is 219 Å². The molecular weight excluding hydrogens is 543 g/mol. The molecule has 5 atom stereocenters. The van der Waals surface area contributed by atoms with Crippen LogP contribution in [-0.2, 0) is 21.7 Å². The first kappa shape index (κ1) is 25.3. The van der Waals surface area contributed by atoms with Gasteiger partial charge in [0.15, 0.2) is 5.60 Å². The predicted octanol–water partition coefficient (Wildman–Crippen LogP) is 4.98. The van der Waals surface area contributed by atoms with Gasteiger partial charge in [-0.3, -0.25) is 9.48 Å². The lowest BCUT2D eigenvalue weighted by molar-refractivity contribution is -0.143. The van der Waals surface area contributed by atoms with E-state index in [2.05, 4.69) is 31.6 Å². The number of ether oxygens (including phenoxy) is 1. The molecule has 1 spiro atoms. The molecule has 2 aromatic carbocycles. The standard InChI is InChI=1S/C26H30BrFN4O3Si/c1-16-24(36(2,3)28)23(35-26(16)20-13-18(27)9-10-21(20)29-25(26)34)11-12-32-14-22(30-31-32)19(15-33)17-7-5-4-6-8-17/h4-10,13-14,16,19,23-24,33H,11-12,15H2,1-3H3,(H,29,34)/t16-,19?,23+,24-,26+/m0/s1. The number of benzene rings is 2. The zero-order valence-electron chi connectivity index (χ0n) is 20.5. The quantitative estimate of drug-likeness (QED) is 0.308. The third kappa shape index (κ3) is 4.23. The van der Waals surface area contributed by atoms with Gasteiger partial charge in [-0.25, -0.2) is 0 Å². The van der Waals surface area contributed by atoms with Crippen LogP contribution in [0.3, 0.4) is 0 Å². The number of rotatable bonds is 7. The summed E-state index contributed by atoms with van der Waals surface area (Å²) in [5.41, 5.74) is 1.52. The number of hydrogen-bond donors (Lipinski definition) is 2. The maximum atomic E-state index is 15.7. The summed E-state index contributed by atoms with van der Waals surface area (Å²) in [5.74, 6) is -0.827. The van der Waals surface area contributed by atoms with Crippen LogP contribution in [0.5, 0.6) is 0 Å². The van der Waals surface area contributed by atoms with Crippen molar-refractivity contribution in [2.45, 2.75) is 56.1 Å². The Morgan fingerprint density at radius 1 is 1.28 bits per heavy atom. The van der Waals surface area contributed by atoms with Gasteiger partial charge >= 0.3 is 0 Å². The van der Waals surface area contributed by atoms with E-state index in [-0.39, 0.29) is 29.9 Å². The molecule has 2 aliphatic rings. The van der Waals surface area contributed by atoms with Crippen LogP contribution in [0, 0.1) is 5.92 Å². The van der Waals surface area contributed by atoms with E-state index >= 15 is 4.11 Å². The summed E-state index contributed by atoms with van der Waals surface area (Å²) in [7, 11) is -3.20. The molecule has 1 aromatic heterocycles. The summed E-state index contributed by atoms with van der Waals surface area (Å²) >= 11 is 3.51. The molecule has 190 valence electrons. The maximum Gasteiger partial charge on any atom is 0.261 e. The highest BCUT2D eigenvalue weighted by molar-refractivity contribution is 9.10. The van der Waals surface area contributed by atoms with E-state index in [0.29, 0.717) is 24.3 Å². The molecule has 0 bridgehead atoms. The average Bonchev–Trinajstić information content (AvgIpc) is 3.50. The number of carbonyl (C=O) groups is 1. The van der Waals surface area contributed by atoms with Gasteiger partial charge in [-0.05, 0) is 43.3 Å². The Balaban J connectivity index is 1.40. The van der Waals surface area contributed by atoms with Gasteiger partial charge in [0.05, 0.1) is 24.3 Å². The lowest BCUT2D eigenvalue weighted by Crippen LogP contribution is -2.41. The highest BCUT2D eigenvalue weighted by Crippen LogP contribution is 2.59. The molecule has 3 heterocycles. The molecule has 5 rings (SSSR count). The third-order valence-corrected chi connectivity index (χ3v) is 10.6. The van der Waals surface area contributed by atoms with Crippen LogP contribution in [-0.4, -0.2) is 47.1 Å². The monoisotopic (exact) mass is 572 g/mol. The van der Waals surface area contributed by atoms with Crippen LogP contribution in [0.1, 0.15) is 36.1 Å². The fourth-order valence-corrected chi connectivity index (χ4v) is 8.91. The number of fused-ring (bicyclic) bond motifs is 2. The number of anilines is 1. The highest BCUT2D eigenvalue weighted by Gasteiger charge is 2.65. The van der Waals surface area contributed by atoms with Crippen LogP contribution in [0.2, 0.25) is 18.6 Å². The molecule has 1 amide bonds. The number of aliphatic hydroxyl groups is 1. The predicted molar refractivity (Wildman–Crippen MR) is 141 cm³/mol. The fourth-order valence-electron chi connectivity index (χ4n) is 6.01. The van der Waals surface area contributed by atoms with Crippen molar-refractivity contribution in [3.63, 3.8) is 0 Å². The van der Waals surface area contributed by atoms with Crippen LogP contribution in [0.4, 0.5) is 9.80 Å². The van der Waals surface area contributed by atoms with E-state index in [1.165, 1.54) is 0 Å². The van der Waals surface area contributed by atoms with Gasteiger partial charge in [0.25, 0.3) is 5.91 Å². The number of aryl methyl sites for hydroxylation is 1. The molecule has 0 saturated carbocycles. The molecule has 1 fully saturated rings. The summed E-state index contributed by atoms with van der Waals surface area (Å²) < 4.78 is 24.9. The minimum Gasteiger partial charge on any atom is -0.395 e. The normalized spacial score (nSPS) is 26.3. The van der Waals surface area contributed by atoms with Crippen LogP contribution in [0.15, 0.2) is 59.2 Å². The molecule has 10 heteroatoms. The van der Waals surface area contributed by atoms with Crippen molar-refractivity contribution in [2.24, 2.45) is 5.92 Å². The average molecular weight is 574 g/mol. The first-order valence-electron chi connectivity index (χ1n) is 12.2. The number of amides is 1. The topological polar surface area (TPSA) is 89.3 Å². The number of aromatic nitrogens is 3. The number of halogens is 2. The minimum atomic E-state index is -3.20. The van der Waals surface area contributed by atoms with E-state index in [9.17, 15) is 9.90 Å². The van der Waals surface area contributed by atoms with Crippen LogP contribution >= 0.6 is 15.9 Å². The summed E-state index contributed by atoms with van der Waals surface area (Å²) in [4.78, 5) is 13.3. The van der Waals surface area contributed by atoms with Crippen LogP contribution in [0.25, 0.3) is 0 Å². The minimum absolute atomic E-state index is 0.0811. The summed E-state index contributed by atoms with van der Waals surface area (Å²) in [5, 5.41) is 21.5. The zero-order valence-corrected chi connectivity index (χ0v) is 23.1. The SMILES string of the molecule is C[C@H]1[C@H]([Si](C)(C)F)[C@@H](CCn2cc(C(CO)c3ccccc3)nn2)O[C@]12C(=O)Nc1ccc(Br)cc12. The second kappa shape index (κ2) is 9.48. The fraction of sp³-hybridized carbons (Fsp3) is 0.423. The van der Waals surface area contributed by atoms with Crippen molar-refractivity contribution in [1.82, 2.24) is 15.0 Å². The number of hydrogen-bond acceptors (Lipinski definition) is 5. The Bertz CT molecular complexity index is 1270. The molecule has 2 aliphatic heterocycles. The van der Waals surface area contributed by atoms with Crippen molar-refractivity contribution in [3.8, 4) is 0 Å². The van der Waals surface area contributed by atoms with E-state index < -0.39 is 20.1 Å². The summed E-state index contributed by atoms with van der Waals surface area (Å²) in [6.45, 7) is 5.70. The maximum absolute atomic E-state index is 15.7. The van der Waals surface area contributed by atoms with E-state index in [0.717, 1.165) is 15.6 Å². The molecule has 36 heavy (non-hydrogen) atoms. The molecule has 0 radical (unpaired) electrons. The molecule has 1 unspecified atom stereocenters. The molecule has 7 nitrogen and oxygen atoms in total. The summed E-state index contributed by atoms with van der Waals surface area (Å²) in [6.07, 6.45) is 1.87. The van der Waals surface area contributed by atoms with Crippen molar-refractivity contribution >= 4 is 35.9 Å². The Morgan fingerprint density at radius 3 is 2.72 bits per heavy atom. The molecule has 1 saturated heterocycles. The lowest BCUT2D eigenvalue weighted by atomic mass is 9.82. The first-order valence-corrected chi connectivity index (χ1v) is 15.9. The van der Waals surface area contributed by atoms with Gasteiger partial charge in [-0.2, -0.15) is 0 Å². The largest absolute Gasteiger partial charge is 0.395 e. The van der Waals surface area contributed by atoms with Gasteiger partial charge < -0.3 is 19.3 Å². The second-order valence-electron chi connectivity index (χ2n) is 10.3. The molecular formula is C26H30BrFN4O3Si. The van der Waals surface area contributed by atoms with Gasteiger partial charge in [0.2, 0.25) is 8.41 Å². The highest BCUT2D eigenvalue weighted by atomic mass is 79.9. The van der Waals surface area contributed by atoms with E-state index in [1.54, 1.807) is 17.8 Å². The van der Waals surface area contributed by atoms with Gasteiger partial charge in [0, 0.05) is 39.9 Å². The zero-order chi connectivity index (χ0) is 25.7. The van der Waals surface area contributed by atoms with Crippen molar-refractivity contribution in [1.29, 1.82) is 0 Å². The number of nitrogens with one attached hydrogen (secondary N) is 1. The number of aliphatic hydroxyl groups excluding tert-OH is 1. The number of carbonyl (C=O) groups excluding carboxylic acids is 1. The third-order valence-electron chi connectivity index (χ3n) is 7.62. The molecule has 2 N–H and O–H groups in total.